The third kappa shape index (κ3) is 6.05. The largest absolute Gasteiger partial charge is 0.393 e. The Morgan fingerprint density at radius 1 is 1.22 bits per heavy atom. The minimum atomic E-state index is -4.03. The van der Waals surface area contributed by atoms with Gasteiger partial charge in [0.2, 0.25) is 0 Å². The number of nitrogens with one attached hydrogen (secondary N) is 1. The zero-order chi connectivity index (χ0) is 13.8. The van der Waals surface area contributed by atoms with E-state index in [0.29, 0.717) is 12.8 Å². The van der Waals surface area contributed by atoms with Crippen molar-refractivity contribution in [2.75, 3.05) is 26.2 Å². The SMILES string of the molecule is CC(C)(C)NCCCN1CCCC(C(F)(F)F)C1. The molecular formula is C13H25F3N2. The molecule has 1 fully saturated rings. The zero-order valence-electron chi connectivity index (χ0n) is 11.6. The van der Waals surface area contributed by atoms with E-state index in [4.69, 9.17) is 0 Å². The second-order valence-corrected chi connectivity index (χ2v) is 6.21. The molecule has 108 valence electrons. The van der Waals surface area contributed by atoms with Crippen molar-refractivity contribution >= 4 is 0 Å². The summed E-state index contributed by atoms with van der Waals surface area (Å²) in [5.74, 6) is -1.12. The summed E-state index contributed by atoms with van der Waals surface area (Å²) in [7, 11) is 0. The van der Waals surface area contributed by atoms with Gasteiger partial charge in [-0.05, 0) is 59.7 Å². The van der Waals surface area contributed by atoms with Gasteiger partial charge in [0.05, 0.1) is 5.92 Å². The highest BCUT2D eigenvalue weighted by Crippen LogP contribution is 2.32. The Kier molecular flexibility index (Phi) is 5.46. The van der Waals surface area contributed by atoms with Crippen LogP contribution in [0.3, 0.4) is 0 Å². The molecule has 0 spiro atoms. The molecule has 1 aliphatic rings. The van der Waals surface area contributed by atoms with Gasteiger partial charge in [-0.2, -0.15) is 13.2 Å². The fourth-order valence-corrected chi connectivity index (χ4v) is 2.29. The van der Waals surface area contributed by atoms with Crippen molar-refractivity contribution in [3.8, 4) is 0 Å². The zero-order valence-corrected chi connectivity index (χ0v) is 11.6. The number of alkyl halides is 3. The summed E-state index contributed by atoms with van der Waals surface area (Å²) in [5, 5.41) is 3.35. The van der Waals surface area contributed by atoms with Crippen LogP contribution in [0.5, 0.6) is 0 Å². The van der Waals surface area contributed by atoms with E-state index in [1.807, 2.05) is 4.90 Å². The van der Waals surface area contributed by atoms with E-state index in [1.54, 1.807) is 0 Å². The Bertz CT molecular complexity index is 246. The fraction of sp³-hybridized carbons (Fsp3) is 1.00. The molecule has 5 heteroatoms. The summed E-state index contributed by atoms with van der Waals surface area (Å²) >= 11 is 0. The van der Waals surface area contributed by atoms with Crippen molar-refractivity contribution in [2.45, 2.75) is 51.7 Å². The number of hydrogen-bond acceptors (Lipinski definition) is 2. The fourth-order valence-electron chi connectivity index (χ4n) is 2.29. The lowest BCUT2D eigenvalue weighted by atomic mass is 9.97. The average Bonchev–Trinajstić information content (AvgIpc) is 2.22. The van der Waals surface area contributed by atoms with Gasteiger partial charge in [0.1, 0.15) is 0 Å². The number of rotatable bonds is 4. The lowest BCUT2D eigenvalue weighted by Gasteiger charge is -2.34. The highest BCUT2D eigenvalue weighted by molar-refractivity contribution is 4.78. The van der Waals surface area contributed by atoms with Crippen molar-refractivity contribution in [2.24, 2.45) is 5.92 Å². The van der Waals surface area contributed by atoms with Gasteiger partial charge in [-0.1, -0.05) is 0 Å². The standard InChI is InChI=1S/C13H25F3N2/c1-12(2,3)17-7-5-9-18-8-4-6-11(10-18)13(14,15)16/h11,17H,4-10H2,1-3H3. The number of piperidine rings is 1. The van der Waals surface area contributed by atoms with Crippen molar-refractivity contribution in [3.63, 3.8) is 0 Å². The molecule has 1 unspecified atom stereocenters. The minimum absolute atomic E-state index is 0.0798. The first kappa shape index (κ1) is 15.8. The van der Waals surface area contributed by atoms with Crippen LogP contribution < -0.4 is 5.32 Å². The topological polar surface area (TPSA) is 15.3 Å². The van der Waals surface area contributed by atoms with E-state index in [9.17, 15) is 13.2 Å². The van der Waals surface area contributed by atoms with Gasteiger partial charge in [-0.25, -0.2) is 0 Å². The third-order valence-corrected chi connectivity index (χ3v) is 3.27. The van der Waals surface area contributed by atoms with Crippen molar-refractivity contribution in [1.29, 1.82) is 0 Å². The summed E-state index contributed by atoms with van der Waals surface area (Å²) in [6.07, 6.45) is -2.17. The van der Waals surface area contributed by atoms with Crippen molar-refractivity contribution < 1.29 is 13.2 Å². The molecule has 1 rings (SSSR count). The molecule has 1 N–H and O–H groups in total. The Morgan fingerprint density at radius 2 is 1.89 bits per heavy atom. The Hall–Kier alpha value is -0.290. The maximum Gasteiger partial charge on any atom is 0.393 e. The predicted octanol–water partition coefficient (Wildman–Crippen LogP) is 3.04. The highest BCUT2D eigenvalue weighted by Gasteiger charge is 2.41. The lowest BCUT2D eigenvalue weighted by molar-refractivity contribution is -0.186. The Labute approximate surface area is 108 Å². The quantitative estimate of drug-likeness (QED) is 0.787. The van der Waals surface area contributed by atoms with Crippen LogP contribution in [0.15, 0.2) is 0 Å². The van der Waals surface area contributed by atoms with E-state index < -0.39 is 12.1 Å². The summed E-state index contributed by atoms with van der Waals surface area (Å²) < 4.78 is 37.9. The third-order valence-electron chi connectivity index (χ3n) is 3.27. The average molecular weight is 266 g/mol. The molecule has 0 amide bonds. The monoisotopic (exact) mass is 266 g/mol. The second-order valence-electron chi connectivity index (χ2n) is 6.21. The number of likely N-dealkylation sites (tertiary alicyclic amines) is 1. The summed E-state index contributed by atoms with van der Waals surface area (Å²) in [4.78, 5) is 1.95. The summed E-state index contributed by atoms with van der Waals surface area (Å²) in [6, 6.07) is 0. The molecule has 0 radical (unpaired) electrons. The molecule has 1 heterocycles. The van der Waals surface area contributed by atoms with E-state index >= 15 is 0 Å². The first-order chi connectivity index (χ1) is 8.18. The van der Waals surface area contributed by atoms with Crippen LogP contribution in [0.25, 0.3) is 0 Å². The van der Waals surface area contributed by atoms with Crippen LogP contribution in [0.2, 0.25) is 0 Å². The van der Waals surface area contributed by atoms with E-state index in [0.717, 1.165) is 26.1 Å². The molecule has 0 aromatic rings. The van der Waals surface area contributed by atoms with Gasteiger partial charge in [0.15, 0.2) is 0 Å². The predicted molar refractivity (Wildman–Crippen MR) is 67.6 cm³/mol. The Morgan fingerprint density at radius 3 is 2.44 bits per heavy atom. The maximum absolute atomic E-state index is 12.6. The summed E-state index contributed by atoms with van der Waals surface area (Å²) in [6.45, 7) is 8.88. The van der Waals surface area contributed by atoms with Crippen LogP contribution in [0, 0.1) is 5.92 Å². The van der Waals surface area contributed by atoms with Gasteiger partial charge in [-0.3, -0.25) is 0 Å². The summed E-state index contributed by atoms with van der Waals surface area (Å²) in [5.41, 5.74) is 0.0798. The molecule has 1 aliphatic heterocycles. The maximum atomic E-state index is 12.6. The molecule has 1 atom stereocenters. The normalized spacial score (nSPS) is 23.3. The molecule has 18 heavy (non-hydrogen) atoms. The molecule has 1 saturated heterocycles. The first-order valence-electron chi connectivity index (χ1n) is 6.72. The first-order valence-corrected chi connectivity index (χ1v) is 6.72. The minimum Gasteiger partial charge on any atom is -0.312 e. The van der Waals surface area contributed by atoms with Crippen LogP contribution in [-0.4, -0.2) is 42.8 Å². The van der Waals surface area contributed by atoms with Gasteiger partial charge in [0, 0.05) is 12.1 Å². The number of hydrogen-bond donors (Lipinski definition) is 1. The van der Waals surface area contributed by atoms with Crippen LogP contribution >= 0.6 is 0 Å². The molecule has 0 aromatic heterocycles. The number of nitrogens with zero attached hydrogens (tertiary/aromatic N) is 1. The second kappa shape index (κ2) is 6.24. The van der Waals surface area contributed by atoms with Crippen molar-refractivity contribution in [1.82, 2.24) is 10.2 Å². The molecule has 0 aromatic carbocycles. The van der Waals surface area contributed by atoms with E-state index in [-0.39, 0.29) is 12.1 Å². The van der Waals surface area contributed by atoms with Gasteiger partial charge >= 0.3 is 6.18 Å². The molecule has 2 nitrogen and oxygen atoms in total. The Balaban J connectivity index is 2.23. The van der Waals surface area contributed by atoms with Crippen LogP contribution in [-0.2, 0) is 0 Å². The van der Waals surface area contributed by atoms with Crippen LogP contribution in [0.4, 0.5) is 13.2 Å². The van der Waals surface area contributed by atoms with Gasteiger partial charge < -0.3 is 10.2 Å². The molecule has 0 bridgehead atoms. The highest BCUT2D eigenvalue weighted by atomic mass is 19.4. The smallest absolute Gasteiger partial charge is 0.312 e. The lowest BCUT2D eigenvalue weighted by Crippen LogP contribution is -2.43. The van der Waals surface area contributed by atoms with Crippen molar-refractivity contribution in [3.05, 3.63) is 0 Å². The molecule has 0 aliphatic carbocycles. The van der Waals surface area contributed by atoms with Gasteiger partial charge in [-0.15, -0.1) is 0 Å². The molecule has 0 saturated carbocycles. The number of halogens is 3. The van der Waals surface area contributed by atoms with E-state index in [1.165, 1.54) is 0 Å². The molecular weight excluding hydrogens is 241 g/mol. The van der Waals surface area contributed by atoms with E-state index in [2.05, 4.69) is 26.1 Å². The van der Waals surface area contributed by atoms with Crippen LogP contribution in [0.1, 0.15) is 40.0 Å². The van der Waals surface area contributed by atoms with Gasteiger partial charge in [0.25, 0.3) is 0 Å².